The Morgan fingerprint density at radius 3 is 2.95 bits per heavy atom. The van der Waals surface area contributed by atoms with Crippen LogP contribution in [-0.2, 0) is 9.53 Å². The third-order valence-corrected chi connectivity index (χ3v) is 4.50. The zero-order valence-corrected chi connectivity index (χ0v) is 13.8. The Bertz CT molecular complexity index is 521. The number of ether oxygens (including phenoxy) is 2. The van der Waals surface area contributed by atoms with Gasteiger partial charge < -0.3 is 14.4 Å². The number of nitrogens with zero attached hydrogens (tertiary/aromatic N) is 1. The lowest BCUT2D eigenvalue weighted by Crippen LogP contribution is -2.40. The zero-order chi connectivity index (χ0) is 15.2. The van der Waals surface area contributed by atoms with E-state index in [0.29, 0.717) is 11.7 Å². The molecule has 1 aliphatic rings. The van der Waals surface area contributed by atoms with Crippen LogP contribution in [0.2, 0.25) is 0 Å². The molecule has 0 spiro atoms. The molecule has 1 heterocycles. The highest BCUT2D eigenvalue weighted by Crippen LogP contribution is 2.25. The molecular weight excluding hydrogens is 306 g/mol. The van der Waals surface area contributed by atoms with Gasteiger partial charge in [-0.15, -0.1) is 11.8 Å². The molecule has 21 heavy (non-hydrogen) atoms. The lowest BCUT2D eigenvalue weighted by Gasteiger charge is -2.24. The summed E-state index contributed by atoms with van der Waals surface area (Å²) in [6, 6.07) is 7.88. The van der Waals surface area contributed by atoms with Gasteiger partial charge in [-0.2, -0.15) is 0 Å². The van der Waals surface area contributed by atoms with Crippen LogP contribution in [0.4, 0.5) is 0 Å². The molecule has 4 nitrogen and oxygen atoms in total. The largest absolute Gasteiger partial charge is 0.490 e. The molecule has 0 N–H and O–H groups in total. The van der Waals surface area contributed by atoms with E-state index in [2.05, 4.69) is 0 Å². The minimum Gasteiger partial charge on any atom is -0.490 e. The maximum Gasteiger partial charge on any atom is 0.261 e. The maximum absolute atomic E-state index is 12.1. The van der Waals surface area contributed by atoms with Gasteiger partial charge in [0.25, 0.3) is 5.91 Å². The molecule has 0 radical (unpaired) electrons. The number of benzene rings is 1. The first-order valence-electron chi connectivity index (χ1n) is 6.81. The first-order chi connectivity index (χ1) is 10.1. The Morgan fingerprint density at radius 1 is 1.48 bits per heavy atom. The van der Waals surface area contributed by atoms with E-state index in [1.54, 1.807) is 23.6 Å². The summed E-state index contributed by atoms with van der Waals surface area (Å²) in [6.07, 6.45) is 0. The van der Waals surface area contributed by atoms with Gasteiger partial charge in [0, 0.05) is 19.2 Å². The summed E-state index contributed by atoms with van der Waals surface area (Å²) in [5.41, 5.74) is 1.10. The molecule has 0 aliphatic carbocycles. The van der Waals surface area contributed by atoms with E-state index < -0.39 is 0 Å². The molecule has 0 saturated carbocycles. The molecule has 0 bridgehead atoms. The van der Waals surface area contributed by atoms with Crippen molar-refractivity contribution in [2.75, 3.05) is 25.5 Å². The number of carbonyl (C=O) groups excluding carboxylic acids is 1. The zero-order valence-electron chi connectivity index (χ0n) is 12.2. The van der Waals surface area contributed by atoms with Crippen LogP contribution >= 0.6 is 24.0 Å². The second-order valence-electron chi connectivity index (χ2n) is 4.77. The fourth-order valence-electron chi connectivity index (χ4n) is 2.07. The normalized spacial score (nSPS) is 17.6. The molecule has 0 unspecified atom stereocenters. The monoisotopic (exact) mass is 325 g/mol. The van der Waals surface area contributed by atoms with Crippen molar-refractivity contribution in [3.05, 3.63) is 29.8 Å². The lowest BCUT2D eigenvalue weighted by molar-refractivity contribution is -0.134. The first-order valence-corrected chi connectivity index (χ1v) is 8.26. The van der Waals surface area contributed by atoms with Gasteiger partial charge in [0.2, 0.25) is 0 Å². The van der Waals surface area contributed by atoms with Crippen molar-refractivity contribution < 1.29 is 14.3 Å². The van der Waals surface area contributed by atoms with Crippen molar-refractivity contribution in [3.8, 4) is 5.75 Å². The molecule has 1 amide bonds. The number of aryl methyl sites for hydroxylation is 1. The van der Waals surface area contributed by atoms with Gasteiger partial charge in [-0.3, -0.25) is 4.79 Å². The Labute approximate surface area is 134 Å². The Kier molecular flexibility index (Phi) is 5.87. The minimum atomic E-state index is -0.0393. The topological polar surface area (TPSA) is 38.8 Å². The predicted molar refractivity (Wildman–Crippen MR) is 88.9 cm³/mol. The number of hydrogen-bond acceptors (Lipinski definition) is 5. The molecule has 1 aromatic carbocycles. The number of carbonyl (C=O) groups is 1. The average Bonchev–Trinajstić information content (AvgIpc) is 2.92. The predicted octanol–water partition coefficient (Wildman–Crippen LogP) is 2.64. The minimum absolute atomic E-state index is 0.0107. The number of hydrogen-bond donors (Lipinski definition) is 0. The van der Waals surface area contributed by atoms with Crippen LogP contribution < -0.4 is 4.74 Å². The summed E-state index contributed by atoms with van der Waals surface area (Å²) in [6.45, 7) is 4.90. The van der Waals surface area contributed by atoms with E-state index >= 15 is 0 Å². The maximum atomic E-state index is 12.1. The molecule has 1 aliphatic heterocycles. The van der Waals surface area contributed by atoms with Crippen molar-refractivity contribution >= 4 is 34.9 Å². The van der Waals surface area contributed by atoms with E-state index in [0.717, 1.165) is 23.6 Å². The third-order valence-electron chi connectivity index (χ3n) is 3.18. The fraction of sp³-hybridized carbons (Fsp3) is 0.467. The standard InChI is InChI=1S/C15H19NO3S2/c1-11-5-3-4-6-13(11)19-10-15-16(7-8-21-15)14(17)9-18-12(2)20/h3-6,15H,7-10H2,1-2H3/t15-/m0/s1. The first kappa shape index (κ1) is 16.1. The highest BCUT2D eigenvalue weighted by molar-refractivity contribution is 8.00. The van der Waals surface area contributed by atoms with E-state index in [9.17, 15) is 4.79 Å². The van der Waals surface area contributed by atoms with Crippen LogP contribution in [0.1, 0.15) is 12.5 Å². The summed E-state index contributed by atoms with van der Waals surface area (Å²) in [4.78, 5) is 13.9. The number of amides is 1. The second kappa shape index (κ2) is 7.66. The third kappa shape index (κ3) is 4.61. The highest BCUT2D eigenvalue weighted by atomic mass is 32.2. The van der Waals surface area contributed by atoms with Crippen LogP contribution in [-0.4, -0.2) is 46.7 Å². The van der Waals surface area contributed by atoms with Crippen LogP contribution in [0.25, 0.3) is 0 Å². The van der Waals surface area contributed by atoms with E-state index in [4.69, 9.17) is 21.7 Å². The quantitative estimate of drug-likeness (QED) is 0.778. The smallest absolute Gasteiger partial charge is 0.261 e. The number of para-hydroxylation sites is 1. The average molecular weight is 325 g/mol. The van der Waals surface area contributed by atoms with E-state index in [1.165, 1.54) is 0 Å². The van der Waals surface area contributed by atoms with Gasteiger partial charge in [0.05, 0.1) is 0 Å². The molecule has 114 valence electrons. The van der Waals surface area contributed by atoms with Gasteiger partial charge in [0.15, 0.2) is 11.7 Å². The fourth-order valence-corrected chi connectivity index (χ4v) is 3.27. The van der Waals surface area contributed by atoms with Crippen LogP contribution in [0.15, 0.2) is 24.3 Å². The summed E-state index contributed by atoms with van der Waals surface area (Å²) >= 11 is 6.55. The molecule has 0 aromatic heterocycles. The highest BCUT2D eigenvalue weighted by Gasteiger charge is 2.30. The van der Waals surface area contributed by atoms with E-state index in [-0.39, 0.29) is 17.9 Å². The second-order valence-corrected chi connectivity index (χ2v) is 6.63. The van der Waals surface area contributed by atoms with Crippen molar-refractivity contribution in [2.45, 2.75) is 19.2 Å². The summed E-state index contributed by atoms with van der Waals surface area (Å²) in [5, 5.41) is 0.425. The van der Waals surface area contributed by atoms with Gasteiger partial charge in [-0.25, -0.2) is 0 Å². The van der Waals surface area contributed by atoms with Crippen LogP contribution in [0, 0.1) is 6.92 Å². The van der Waals surface area contributed by atoms with Crippen molar-refractivity contribution in [1.82, 2.24) is 4.90 Å². The van der Waals surface area contributed by atoms with Crippen molar-refractivity contribution in [3.63, 3.8) is 0 Å². The molecule has 1 aromatic rings. The number of rotatable bonds is 5. The number of thiocarbonyl (C=S) groups is 1. The summed E-state index contributed by atoms with van der Waals surface area (Å²) in [5.74, 6) is 1.75. The Morgan fingerprint density at radius 2 is 2.24 bits per heavy atom. The van der Waals surface area contributed by atoms with Gasteiger partial charge >= 0.3 is 0 Å². The van der Waals surface area contributed by atoms with Crippen molar-refractivity contribution in [2.24, 2.45) is 0 Å². The molecule has 2 rings (SSSR count). The van der Waals surface area contributed by atoms with E-state index in [1.807, 2.05) is 31.2 Å². The molecule has 1 saturated heterocycles. The van der Waals surface area contributed by atoms with Crippen molar-refractivity contribution in [1.29, 1.82) is 0 Å². The van der Waals surface area contributed by atoms with Gasteiger partial charge in [-0.05, 0) is 30.8 Å². The van der Waals surface area contributed by atoms with Gasteiger partial charge in [0.1, 0.15) is 17.7 Å². The Balaban J connectivity index is 1.88. The number of thioether (sulfide) groups is 1. The van der Waals surface area contributed by atoms with Crippen LogP contribution in [0.5, 0.6) is 5.75 Å². The molecule has 1 fully saturated rings. The lowest BCUT2D eigenvalue weighted by atomic mass is 10.2. The molecule has 1 atom stereocenters. The molecular formula is C15H19NO3S2. The Hall–Kier alpha value is -1.27. The summed E-state index contributed by atoms with van der Waals surface area (Å²) in [7, 11) is 0. The summed E-state index contributed by atoms with van der Waals surface area (Å²) < 4.78 is 11.0. The van der Waals surface area contributed by atoms with Gasteiger partial charge in [-0.1, -0.05) is 18.2 Å². The van der Waals surface area contributed by atoms with Crippen LogP contribution in [0.3, 0.4) is 0 Å². The SMILES string of the molecule is CC(=S)OCC(=O)N1CCS[C@H]1COc1ccccc1C. The molecule has 6 heteroatoms.